The summed E-state index contributed by atoms with van der Waals surface area (Å²) in [4.78, 5) is 11.7. The number of carbonyl (C=O) groups is 1. The summed E-state index contributed by atoms with van der Waals surface area (Å²) in [5, 5.41) is 2.76. The van der Waals surface area contributed by atoms with Crippen LogP contribution in [0.25, 0.3) is 0 Å². The predicted octanol–water partition coefficient (Wildman–Crippen LogP) is 3.40. The van der Waals surface area contributed by atoms with E-state index in [9.17, 15) is 4.79 Å². The molecular weight excluding hydrogens is 322 g/mol. The van der Waals surface area contributed by atoms with Crippen molar-refractivity contribution in [3.8, 4) is 0 Å². The number of benzene rings is 1. The number of aryl methyl sites for hydroxylation is 1. The van der Waals surface area contributed by atoms with Crippen LogP contribution in [0.3, 0.4) is 0 Å². The third-order valence-corrected chi connectivity index (χ3v) is 2.65. The Kier molecular flexibility index (Phi) is 4.54. The van der Waals surface area contributed by atoms with Crippen molar-refractivity contribution < 1.29 is 4.79 Å². The zero-order valence-electron chi connectivity index (χ0n) is 8.31. The van der Waals surface area contributed by atoms with E-state index in [2.05, 4.69) is 43.8 Å². The molecule has 0 aliphatic rings. The summed E-state index contributed by atoms with van der Waals surface area (Å²) in [5.41, 5.74) is 1.63. The van der Waals surface area contributed by atoms with Gasteiger partial charge >= 0.3 is 0 Å². The molecule has 0 heterocycles. The molecule has 0 aliphatic heterocycles. The highest BCUT2D eigenvalue weighted by Gasteiger charge is 2.08. The van der Waals surface area contributed by atoms with Crippen LogP contribution in [0.2, 0.25) is 0 Å². The van der Waals surface area contributed by atoms with Crippen LogP contribution in [-0.4, -0.2) is 12.5 Å². The zero-order valence-corrected chi connectivity index (χ0v) is 11.5. The highest BCUT2D eigenvalue weighted by molar-refractivity contribution is 9.11. The summed E-state index contributed by atoms with van der Waals surface area (Å²) < 4.78 is 1.73. The molecule has 1 aromatic carbocycles. The van der Waals surface area contributed by atoms with Crippen molar-refractivity contribution in [3.63, 3.8) is 0 Å². The van der Waals surface area contributed by atoms with Crippen molar-refractivity contribution in [1.82, 2.24) is 5.32 Å². The Morgan fingerprint density at radius 3 is 2.73 bits per heavy atom. The van der Waals surface area contributed by atoms with Gasteiger partial charge in [-0.25, -0.2) is 0 Å². The van der Waals surface area contributed by atoms with Gasteiger partial charge < -0.3 is 5.32 Å². The number of hydrogen-bond acceptors (Lipinski definition) is 1. The summed E-state index contributed by atoms with van der Waals surface area (Å²) in [5.74, 6) is -0.0828. The Bertz CT molecular complexity index is 402. The molecule has 0 saturated heterocycles. The van der Waals surface area contributed by atoms with Crippen LogP contribution < -0.4 is 5.32 Å². The summed E-state index contributed by atoms with van der Waals surface area (Å²) >= 11 is 6.54. The van der Waals surface area contributed by atoms with Crippen LogP contribution in [0.4, 0.5) is 0 Å². The fraction of sp³-hybridized carbons (Fsp3) is 0.182. The Labute approximate surface area is 106 Å². The maximum absolute atomic E-state index is 11.7. The Hall–Kier alpha value is -0.610. The van der Waals surface area contributed by atoms with Gasteiger partial charge in [-0.1, -0.05) is 38.4 Å². The van der Waals surface area contributed by atoms with Gasteiger partial charge in [0.15, 0.2) is 0 Å². The fourth-order valence-corrected chi connectivity index (χ4v) is 1.77. The van der Waals surface area contributed by atoms with Gasteiger partial charge in [-0.05, 0) is 30.7 Å². The van der Waals surface area contributed by atoms with Crippen LogP contribution in [0.5, 0.6) is 0 Å². The molecule has 0 fully saturated rings. The Morgan fingerprint density at radius 1 is 1.53 bits per heavy atom. The highest BCUT2D eigenvalue weighted by atomic mass is 79.9. The fourth-order valence-electron chi connectivity index (χ4n) is 1.15. The molecule has 0 atom stereocenters. The summed E-state index contributed by atoms with van der Waals surface area (Å²) in [7, 11) is 0. The van der Waals surface area contributed by atoms with E-state index in [0.717, 1.165) is 14.5 Å². The van der Waals surface area contributed by atoms with Gasteiger partial charge in [0.05, 0.1) is 0 Å². The molecule has 0 radical (unpaired) electrons. The van der Waals surface area contributed by atoms with Crippen molar-refractivity contribution in [1.29, 1.82) is 0 Å². The van der Waals surface area contributed by atoms with E-state index in [1.165, 1.54) is 0 Å². The molecule has 0 aromatic heterocycles. The van der Waals surface area contributed by atoms with Crippen molar-refractivity contribution >= 4 is 37.8 Å². The number of amides is 1. The van der Waals surface area contributed by atoms with Gasteiger partial charge in [-0.2, -0.15) is 0 Å². The monoisotopic (exact) mass is 331 g/mol. The van der Waals surface area contributed by atoms with Gasteiger partial charge in [-0.3, -0.25) is 4.79 Å². The standard InChI is InChI=1S/C11H11Br2NO/c1-7-5-9(13)3-4-10(7)11(15)14-6-8(2)12/h3-5H,2,6H2,1H3,(H,14,15). The first-order valence-corrected chi connectivity index (χ1v) is 5.97. The van der Waals surface area contributed by atoms with Crippen LogP contribution >= 0.6 is 31.9 Å². The maximum atomic E-state index is 11.7. The third kappa shape index (κ3) is 3.80. The minimum Gasteiger partial charge on any atom is -0.347 e. The van der Waals surface area contributed by atoms with E-state index < -0.39 is 0 Å². The molecule has 1 N–H and O–H groups in total. The van der Waals surface area contributed by atoms with Crippen molar-refractivity contribution in [3.05, 3.63) is 44.9 Å². The number of halogens is 2. The second-order valence-corrected chi connectivity index (χ2v) is 5.20. The summed E-state index contributed by atoms with van der Waals surface area (Å²) in [6, 6.07) is 5.56. The van der Waals surface area contributed by atoms with E-state index in [-0.39, 0.29) is 5.91 Å². The largest absolute Gasteiger partial charge is 0.347 e. The summed E-state index contributed by atoms with van der Waals surface area (Å²) in [6.45, 7) is 6.00. The maximum Gasteiger partial charge on any atom is 0.251 e. The van der Waals surface area contributed by atoms with Crippen molar-refractivity contribution in [2.45, 2.75) is 6.92 Å². The molecule has 15 heavy (non-hydrogen) atoms. The predicted molar refractivity (Wildman–Crippen MR) is 69.3 cm³/mol. The average molecular weight is 333 g/mol. The van der Waals surface area contributed by atoms with Crippen LogP contribution in [-0.2, 0) is 0 Å². The molecule has 0 saturated carbocycles. The smallest absolute Gasteiger partial charge is 0.251 e. The molecule has 1 aromatic rings. The van der Waals surface area contributed by atoms with Gasteiger partial charge in [0.25, 0.3) is 5.91 Å². The topological polar surface area (TPSA) is 29.1 Å². The number of rotatable bonds is 3. The molecule has 2 nitrogen and oxygen atoms in total. The first kappa shape index (κ1) is 12.5. The van der Waals surface area contributed by atoms with E-state index in [1.54, 1.807) is 6.07 Å². The zero-order chi connectivity index (χ0) is 11.4. The second-order valence-electron chi connectivity index (χ2n) is 3.16. The Morgan fingerprint density at radius 2 is 2.20 bits per heavy atom. The lowest BCUT2D eigenvalue weighted by Crippen LogP contribution is -2.25. The molecule has 1 amide bonds. The van der Waals surface area contributed by atoms with E-state index >= 15 is 0 Å². The lowest BCUT2D eigenvalue weighted by molar-refractivity contribution is 0.0957. The lowest BCUT2D eigenvalue weighted by atomic mass is 10.1. The van der Waals surface area contributed by atoms with E-state index in [1.807, 2.05) is 19.1 Å². The van der Waals surface area contributed by atoms with Gasteiger partial charge in [-0.15, -0.1) is 0 Å². The van der Waals surface area contributed by atoms with Gasteiger partial charge in [0, 0.05) is 21.1 Å². The second kappa shape index (κ2) is 5.47. The highest BCUT2D eigenvalue weighted by Crippen LogP contribution is 2.15. The first-order valence-electron chi connectivity index (χ1n) is 4.38. The molecule has 4 heteroatoms. The molecule has 1 rings (SSSR count). The normalized spacial score (nSPS) is 9.80. The summed E-state index contributed by atoms with van der Waals surface area (Å²) in [6.07, 6.45) is 0. The van der Waals surface area contributed by atoms with Crippen LogP contribution in [0, 0.1) is 6.92 Å². The van der Waals surface area contributed by atoms with Crippen molar-refractivity contribution in [2.75, 3.05) is 6.54 Å². The number of carbonyl (C=O) groups excluding carboxylic acids is 1. The van der Waals surface area contributed by atoms with Crippen molar-refractivity contribution in [2.24, 2.45) is 0 Å². The minimum absolute atomic E-state index is 0.0828. The van der Waals surface area contributed by atoms with E-state index in [4.69, 9.17) is 0 Å². The third-order valence-electron chi connectivity index (χ3n) is 1.87. The first-order chi connectivity index (χ1) is 7.00. The molecule has 80 valence electrons. The molecule has 0 spiro atoms. The average Bonchev–Trinajstić information content (AvgIpc) is 2.14. The van der Waals surface area contributed by atoms with E-state index in [0.29, 0.717) is 12.1 Å². The molecular formula is C11H11Br2NO. The van der Waals surface area contributed by atoms with Gasteiger partial charge in [0.1, 0.15) is 0 Å². The Balaban J connectivity index is 2.78. The van der Waals surface area contributed by atoms with Crippen LogP contribution in [0.1, 0.15) is 15.9 Å². The number of hydrogen-bond donors (Lipinski definition) is 1. The molecule has 0 aliphatic carbocycles. The quantitative estimate of drug-likeness (QED) is 0.903. The molecule has 0 unspecified atom stereocenters. The minimum atomic E-state index is -0.0828. The van der Waals surface area contributed by atoms with Crippen LogP contribution in [0.15, 0.2) is 33.7 Å². The lowest BCUT2D eigenvalue weighted by Gasteiger charge is -2.07. The SMILES string of the molecule is C=C(Br)CNC(=O)c1ccc(Br)cc1C. The molecule has 0 bridgehead atoms. The number of nitrogens with one attached hydrogen (secondary N) is 1. The van der Waals surface area contributed by atoms with Gasteiger partial charge in [0.2, 0.25) is 0 Å².